The molecule has 0 unspecified atom stereocenters. The lowest BCUT2D eigenvalue weighted by Gasteiger charge is -2.02. The van der Waals surface area contributed by atoms with Gasteiger partial charge in [-0.3, -0.25) is 0 Å². The summed E-state index contributed by atoms with van der Waals surface area (Å²) in [6, 6.07) is 6.80. The average Bonchev–Trinajstić information content (AvgIpc) is 2.63. The quantitative estimate of drug-likeness (QED) is 0.878. The molecule has 0 bridgehead atoms. The van der Waals surface area contributed by atoms with Gasteiger partial charge in [-0.15, -0.1) is 0 Å². The number of carbonyl (C=O) groups is 1. The third-order valence-corrected chi connectivity index (χ3v) is 2.43. The number of halogens is 1. The van der Waals surface area contributed by atoms with E-state index in [9.17, 15) is 4.79 Å². The predicted octanol–water partition coefficient (Wildman–Crippen LogP) is 3.08. The second-order valence-corrected chi connectivity index (χ2v) is 3.85. The van der Waals surface area contributed by atoms with Gasteiger partial charge < -0.3 is 14.9 Å². The van der Waals surface area contributed by atoms with E-state index in [1.807, 2.05) is 0 Å². The molecule has 0 aliphatic heterocycles. The summed E-state index contributed by atoms with van der Waals surface area (Å²) in [5.74, 6) is -0.975. The van der Waals surface area contributed by atoms with Crippen LogP contribution < -0.4 is 5.32 Å². The van der Waals surface area contributed by atoms with Gasteiger partial charge in [-0.1, -0.05) is 16.8 Å². The first-order valence-electron chi connectivity index (χ1n) is 4.80. The standard InChI is InChI=1S/C11H9ClN2O3/c1-6-9(11(15)16)10(17-14-6)13-8-4-2-7(12)3-5-8/h2-5,13H,1H3,(H,15,16). The van der Waals surface area contributed by atoms with Gasteiger partial charge >= 0.3 is 5.97 Å². The monoisotopic (exact) mass is 252 g/mol. The van der Waals surface area contributed by atoms with Crippen molar-refractivity contribution >= 4 is 29.1 Å². The van der Waals surface area contributed by atoms with Crippen LogP contribution >= 0.6 is 11.6 Å². The molecule has 1 heterocycles. The number of aromatic carboxylic acids is 1. The Balaban J connectivity index is 2.30. The Morgan fingerprint density at radius 1 is 1.41 bits per heavy atom. The number of hydrogen-bond donors (Lipinski definition) is 2. The van der Waals surface area contributed by atoms with Gasteiger partial charge in [-0.25, -0.2) is 4.79 Å². The minimum atomic E-state index is -1.08. The zero-order valence-corrected chi connectivity index (χ0v) is 9.65. The van der Waals surface area contributed by atoms with Crippen LogP contribution in [0.15, 0.2) is 28.8 Å². The Morgan fingerprint density at radius 3 is 2.65 bits per heavy atom. The predicted molar refractivity (Wildman–Crippen MR) is 62.9 cm³/mol. The number of anilines is 2. The maximum atomic E-state index is 11.0. The summed E-state index contributed by atoms with van der Waals surface area (Å²) in [5.41, 5.74) is 1.03. The van der Waals surface area contributed by atoms with Crippen molar-refractivity contribution < 1.29 is 14.4 Å². The maximum Gasteiger partial charge on any atom is 0.343 e. The van der Waals surface area contributed by atoms with Crippen LogP contribution in [0.25, 0.3) is 0 Å². The summed E-state index contributed by atoms with van der Waals surface area (Å²) in [7, 11) is 0. The Morgan fingerprint density at radius 2 is 2.06 bits per heavy atom. The summed E-state index contributed by atoms with van der Waals surface area (Å²) in [6.07, 6.45) is 0. The van der Waals surface area contributed by atoms with Gasteiger partial charge in [0.2, 0.25) is 5.88 Å². The van der Waals surface area contributed by atoms with Gasteiger partial charge in [-0.05, 0) is 31.2 Å². The minimum Gasteiger partial charge on any atom is -0.477 e. The van der Waals surface area contributed by atoms with Crippen molar-refractivity contribution in [2.45, 2.75) is 6.92 Å². The molecule has 2 aromatic rings. The van der Waals surface area contributed by atoms with E-state index in [1.54, 1.807) is 31.2 Å². The number of aromatic nitrogens is 1. The number of carboxylic acids is 1. The van der Waals surface area contributed by atoms with E-state index in [0.29, 0.717) is 16.4 Å². The van der Waals surface area contributed by atoms with Crippen LogP contribution in [-0.4, -0.2) is 16.2 Å². The summed E-state index contributed by atoms with van der Waals surface area (Å²) >= 11 is 5.74. The van der Waals surface area contributed by atoms with Crippen LogP contribution in [-0.2, 0) is 0 Å². The smallest absolute Gasteiger partial charge is 0.343 e. The van der Waals surface area contributed by atoms with Crippen molar-refractivity contribution in [2.75, 3.05) is 5.32 Å². The molecule has 2 rings (SSSR count). The number of carboxylic acid groups (broad SMARTS) is 1. The van der Waals surface area contributed by atoms with Gasteiger partial charge in [0, 0.05) is 10.7 Å². The van der Waals surface area contributed by atoms with Gasteiger partial charge in [0.1, 0.15) is 5.56 Å². The number of nitrogens with zero attached hydrogens (tertiary/aromatic N) is 1. The van der Waals surface area contributed by atoms with Crippen LogP contribution in [0.3, 0.4) is 0 Å². The van der Waals surface area contributed by atoms with Crippen molar-refractivity contribution in [3.8, 4) is 0 Å². The normalized spacial score (nSPS) is 10.2. The van der Waals surface area contributed by atoms with E-state index in [4.69, 9.17) is 21.2 Å². The Hall–Kier alpha value is -2.01. The fourth-order valence-electron chi connectivity index (χ4n) is 1.37. The first-order chi connectivity index (χ1) is 8.08. The number of benzene rings is 1. The molecule has 0 aliphatic carbocycles. The largest absolute Gasteiger partial charge is 0.477 e. The summed E-state index contributed by atoms with van der Waals surface area (Å²) in [4.78, 5) is 11.0. The Kier molecular flexibility index (Phi) is 3.01. The Labute approximate surface area is 102 Å². The topological polar surface area (TPSA) is 75.4 Å². The zero-order valence-electron chi connectivity index (χ0n) is 8.90. The molecule has 0 radical (unpaired) electrons. The third kappa shape index (κ3) is 2.39. The highest BCUT2D eigenvalue weighted by molar-refractivity contribution is 6.30. The van der Waals surface area contributed by atoms with Gasteiger partial charge in [-0.2, -0.15) is 0 Å². The lowest BCUT2D eigenvalue weighted by molar-refractivity contribution is 0.0697. The van der Waals surface area contributed by atoms with Crippen molar-refractivity contribution in [1.82, 2.24) is 5.16 Å². The van der Waals surface area contributed by atoms with Crippen LogP contribution in [0.4, 0.5) is 11.6 Å². The van der Waals surface area contributed by atoms with Gasteiger partial charge in [0.15, 0.2) is 0 Å². The summed E-state index contributed by atoms with van der Waals surface area (Å²) in [5, 5.41) is 16.0. The van der Waals surface area contributed by atoms with Gasteiger partial charge in [0.25, 0.3) is 0 Å². The molecule has 0 spiro atoms. The van der Waals surface area contributed by atoms with Crippen LogP contribution in [0, 0.1) is 6.92 Å². The summed E-state index contributed by atoms with van der Waals surface area (Å²) in [6.45, 7) is 1.57. The zero-order chi connectivity index (χ0) is 12.4. The van der Waals surface area contributed by atoms with Crippen molar-refractivity contribution in [3.05, 3.63) is 40.5 Å². The van der Waals surface area contributed by atoms with Crippen molar-refractivity contribution in [3.63, 3.8) is 0 Å². The minimum absolute atomic E-state index is 0.0277. The third-order valence-electron chi connectivity index (χ3n) is 2.18. The molecular weight excluding hydrogens is 244 g/mol. The molecule has 0 atom stereocenters. The number of hydrogen-bond acceptors (Lipinski definition) is 4. The van der Waals surface area contributed by atoms with E-state index in [0.717, 1.165) is 0 Å². The molecular formula is C11H9ClN2O3. The highest BCUT2D eigenvalue weighted by Gasteiger charge is 2.19. The molecule has 17 heavy (non-hydrogen) atoms. The molecule has 0 aliphatic rings. The van der Waals surface area contributed by atoms with E-state index in [1.165, 1.54) is 0 Å². The van der Waals surface area contributed by atoms with E-state index in [2.05, 4.69) is 10.5 Å². The van der Waals surface area contributed by atoms with Crippen LogP contribution in [0.1, 0.15) is 16.1 Å². The molecule has 0 amide bonds. The lowest BCUT2D eigenvalue weighted by Crippen LogP contribution is -2.01. The number of rotatable bonds is 3. The fourth-order valence-corrected chi connectivity index (χ4v) is 1.50. The SMILES string of the molecule is Cc1noc(Nc2ccc(Cl)cc2)c1C(=O)O. The first-order valence-corrected chi connectivity index (χ1v) is 5.18. The fraction of sp³-hybridized carbons (Fsp3) is 0.0909. The molecule has 5 nitrogen and oxygen atoms in total. The first kappa shape index (κ1) is 11.5. The highest BCUT2D eigenvalue weighted by Crippen LogP contribution is 2.24. The Bertz CT molecular complexity index is 548. The number of nitrogens with one attached hydrogen (secondary N) is 1. The molecule has 0 saturated heterocycles. The molecule has 1 aromatic heterocycles. The van der Waals surface area contributed by atoms with Gasteiger partial charge in [0.05, 0.1) is 5.69 Å². The second kappa shape index (κ2) is 4.47. The summed E-state index contributed by atoms with van der Waals surface area (Å²) < 4.78 is 4.92. The molecule has 0 fully saturated rings. The molecule has 0 saturated carbocycles. The highest BCUT2D eigenvalue weighted by atomic mass is 35.5. The molecule has 88 valence electrons. The molecule has 2 N–H and O–H groups in total. The lowest BCUT2D eigenvalue weighted by atomic mass is 10.2. The second-order valence-electron chi connectivity index (χ2n) is 3.41. The number of aryl methyl sites for hydroxylation is 1. The molecule has 6 heteroatoms. The van der Waals surface area contributed by atoms with Crippen molar-refractivity contribution in [1.29, 1.82) is 0 Å². The van der Waals surface area contributed by atoms with Crippen LogP contribution in [0.5, 0.6) is 0 Å². The van der Waals surface area contributed by atoms with Crippen LogP contribution in [0.2, 0.25) is 5.02 Å². The average molecular weight is 253 g/mol. The van der Waals surface area contributed by atoms with Crippen molar-refractivity contribution in [2.24, 2.45) is 0 Å². The van der Waals surface area contributed by atoms with E-state index >= 15 is 0 Å². The molecule has 1 aromatic carbocycles. The van der Waals surface area contributed by atoms with E-state index < -0.39 is 5.97 Å². The van der Waals surface area contributed by atoms with E-state index in [-0.39, 0.29) is 11.4 Å². The maximum absolute atomic E-state index is 11.0.